The van der Waals surface area contributed by atoms with Crippen molar-refractivity contribution in [3.63, 3.8) is 0 Å². The Morgan fingerprint density at radius 2 is 2.21 bits per heavy atom. The molecule has 6 nitrogen and oxygen atoms in total. The van der Waals surface area contributed by atoms with Gasteiger partial charge in [0.1, 0.15) is 0 Å². The van der Waals surface area contributed by atoms with Crippen molar-refractivity contribution >= 4 is 18.3 Å². The first-order valence-corrected chi connectivity index (χ1v) is 8.13. The SMILES string of the molecule is CCCCOc1ccc(CNC(=O)C2CC(O)CN2)cc1OC.Cl. The molecule has 7 heteroatoms. The highest BCUT2D eigenvalue weighted by atomic mass is 35.5. The van der Waals surface area contributed by atoms with E-state index in [0.717, 1.165) is 24.2 Å². The van der Waals surface area contributed by atoms with Crippen LogP contribution in [0.5, 0.6) is 11.5 Å². The topological polar surface area (TPSA) is 79.8 Å². The van der Waals surface area contributed by atoms with Crippen molar-refractivity contribution in [3.8, 4) is 11.5 Å². The summed E-state index contributed by atoms with van der Waals surface area (Å²) in [5, 5.41) is 15.3. The van der Waals surface area contributed by atoms with Gasteiger partial charge in [-0.05, 0) is 30.5 Å². The van der Waals surface area contributed by atoms with E-state index in [1.54, 1.807) is 7.11 Å². The van der Waals surface area contributed by atoms with Crippen LogP contribution in [-0.4, -0.2) is 43.4 Å². The first-order chi connectivity index (χ1) is 11.1. The lowest BCUT2D eigenvalue weighted by molar-refractivity contribution is -0.123. The molecule has 2 unspecified atom stereocenters. The van der Waals surface area contributed by atoms with E-state index in [9.17, 15) is 9.90 Å². The number of unbranched alkanes of at least 4 members (excludes halogenated alkanes) is 1. The van der Waals surface area contributed by atoms with Crippen LogP contribution in [0.3, 0.4) is 0 Å². The molecule has 3 N–H and O–H groups in total. The molecule has 24 heavy (non-hydrogen) atoms. The van der Waals surface area contributed by atoms with Gasteiger partial charge in [-0.15, -0.1) is 12.4 Å². The minimum atomic E-state index is -0.439. The van der Waals surface area contributed by atoms with Gasteiger partial charge in [-0.25, -0.2) is 0 Å². The molecule has 1 aliphatic heterocycles. The molecule has 0 aliphatic carbocycles. The van der Waals surface area contributed by atoms with Crippen molar-refractivity contribution in [3.05, 3.63) is 23.8 Å². The molecule has 0 spiro atoms. The van der Waals surface area contributed by atoms with Crippen LogP contribution in [0, 0.1) is 0 Å². The molecule has 1 saturated heterocycles. The van der Waals surface area contributed by atoms with Crippen molar-refractivity contribution in [1.29, 1.82) is 0 Å². The predicted octanol–water partition coefficient (Wildman–Crippen LogP) is 1.63. The number of β-amino-alcohol motifs (C(OH)–C–C–N with tert-alkyl or cyclic N) is 1. The molecular formula is C17H27ClN2O4. The summed E-state index contributed by atoms with van der Waals surface area (Å²) in [6.45, 7) is 3.66. The number of carbonyl (C=O) groups excluding carboxylic acids is 1. The van der Waals surface area contributed by atoms with Gasteiger partial charge in [-0.3, -0.25) is 4.79 Å². The fourth-order valence-electron chi connectivity index (χ4n) is 2.50. The number of benzene rings is 1. The number of ether oxygens (including phenoxy) is 2. The van der Waals surface area contributed by atoms with E-state index in [0.29, 0.717) is 31.9 Å². The third-order valence-electron chi connectivity index (χ3n) is 3.87. The third-order valence-corrected chi connectivity index (χ3v) is 3.87. The van der Waals surface area contributed by atoms with E-state index >= 15 is 0 Å². The third kappa shape index (κ3) is 5.85. The number of carbonyl (C=O) groups is 1. The summed E-state index contributed by atoms with van der Waals surface area (Å²) in [7, 11) is 1.61. The molecule has 2 atom stereocenters. The summed E-state index contributed by atoms with van der Waals surface area (Å²) in [5.74, 6) is 1.29. The summed E-state index contributed by atoms with van der Waals surface area (Å²) in [6, 6.07) is 5.34. The van der Waals surface area contributed by atoms with Crippen LogP contribution in [0.2, 0.25) is 0 Å². The molecule has 1 amide bonds. The average molecular weight is 359 g/mol. The van der Waals surface area contributed by atoms with Crippen molar-refractivity contribution < 1.29 is 19.4 Å². The Balaban J connectivity index is 0.00000288. The summed E-state index contributed by atoms with van der Waals surface area (Å²) in [4.78, 5) is 12.0. The van der Waals surface area contributed by atoms with Crippen molar-refractivity contribution in [2.24, 2.45) is 0 Å². The number of rotatable bonds is 8. The lowest BCUT2D eigenvalue weighted by atomic mass is 10.1. The first-order valence-electron chi connectivity index (χ1n) is 8.13. The Morgan fingerprint density at radius 3 is 2.83 bits per heavy atom. The standard InChI is InChI=1S/C17H26N2O4.ClH/c1-3-4-7-23-15-6-5-12(8-16(15)22-2)10-19-17(21)14-9-13(20)11-18-14;/h5-6,8,13-14,18,20H,3-4,7,9-11H2,1-2H3,(H,19,21);1H. The van der Waals surface area contributed by atoms with Crippen LogP contribution < -0.4 is 20.1 Å². The van der Waals surface area contributed by atoms with Gasteiger partial charge < -0.3 is 25.2 Å². The highest BCUT2D eigenvalue weighted by molar-refractivity contribution is 5.85. The predicted molar refractivity (Wildman–Crippen MR) is 94.9 cm³/mol. The van der Waals surface area contributed by atoms with Gasteiger partial charge in [0.15, 0.2) is 11.5 Å². The van der Waals surface area contributed by atoms with E-state index in [2.05, 4.69) is 17.6 Å². The molecule has 2 rings (SSSR count). The lowest BCUT2D eigenvalue weighted by Gasteiger charge is -2.14. The van der Waals surface area contributed by atoms with Crippen molar-refractivity contribution in [1.82, 2.24) is 10.6 Å². The van der Waals surface area contributed by atoms with E-state index < -0.39 is 6.10 Å². The number of aliphatic hydroxyl groups excluding tert-OH is 1. The molecule has 0 bridgehead atoms. The van der Waals surface area contributed by atoms with Gasteiger partial charge >= 0.3 is 0 Å². The number of amides is 1. The number of nitrogens with one attached hydrogen (secondary N) is 2. The van der Waals surface area contributed by atoms with Gasteiger partial charge in [-0.1, -0.05) is 19.4 Å². The Bertz CT molecular complexity index is 527. The first kappa shape index (κ1) is 20.5. The summed E-state index contributed by atoms with van der Waals surface area (Å²) >= 11 is 0. The fourth-order valence-corrected chi connectivity index (χ4v) is 2.50. The molecular weight excluding hydrogens is 332 g/mol. The van der Waals surface area contributed by atoms with Crippen molar-refractivity contribution in [2.45, 2.75) is 44.9 Å². The van der Waals surface area contributed by atoms with Crippen LogP contribution in [0.1, 0.15) is 31.7 Å². The van der Waals surface area contributed by atoms with E-state index in [4.69, 9.17) is 9.47 Å². The Morgan fingerprint density at radius 1 is 1.42 bits per heavy atom. The molecule has 1 aromatic carbocycles. The zero-order valence-electron chi connectivity index (χ0n) is 14.2. The Labute approximate surface area is 149 Å². The van der Waals surface area contributed by atoms with Crippen molar-refractivity contribution in [2.75, 3.05) is 20.3 Å². The van der Waals surface area contributed by atoms with Gasteiger partial charge in [-0.2, -0.15) is 0 Å². The second kappa shape index (κ2) is 10.4. The zero-order valence-corrected chi connectivity index (χ0v) is 15.0. The largest absolute Gasteiger partial charge is 0.493 e. The van der Waals surface area contributed by atoms with Gasteiger partial charge in [0.05, 0.1) is 25.9 Å². The normalized spacial score (nSPS) is 19.5. The highest BCUT2D eigenvalue weighted by Gasteiger charge is 2.27. The Hall–Kier alpha value is -1.50. The van der Waals surface area contributed by atoms with E-state index in [1.807, 2.05) is 18.2 Å². The van der Waals surface area contributed by atoms with Gasteiger partial charge in [0.2, 0.25) is 5.91 Å². The maximum atomic E-state index is 12.0. The second-order valence-electron chi connectivity index (χ2n) is 5.76. The molecule has 1 aliphatic rings. The van der Waals surface area contributed by atoms with Crippen LogP contribution in [0.15, 0.2) is 18.2 Å². The van der Waals surface area contributed by atoms with Crippen LogP contribution in [0.4, 0.5) is 0 Å². The molecule has 1 heterocycles. The highest BCUT2D eigenvalue weighted by Crippen LogP contribution is 2.28. The lowest BCUT2D eigenvalue weighted by Crippen LogP contribution is -2.40. The van der Waals surface area contributed by atoms with Crippen LogP contribution in [-0.2, 0) is 11.3 Å². The van der Waals surface area contributed by atoms with Crippen LogP contribution in [0.25, 0.3) is 0 Å². The molecule has 0 saturated carbocycles. The van der Waals surface area contributed by atoms with E-state index in [1.165, 1.54) is 0 Å². The molecule has 0 radical (unpaired) electrons. The maximum Gasteiger partial charge on any atom is 0.237 e. The smallest absolute Gasteiger partial charge is 0.237 e. The summed E-state index contributed by atoms with van der Waals surface area (Å²) in [5.41, 5.74) is 0.941. The van der Waals surface area contributed by atoms with Crippen LogP contribution >= 0.6 is 12.4 Å². The summed E-state index contributed by atoms with van der Waals surface area (Å²) < 4.78 is 11.0. The van der Waals surface area contributed by atoms with Gasteiger partial charge in [0, 0.05) is 13.1 Å². The number of aliphatic hydroxyl groups is 1. The Kier molecular flexibility index (Phi) is 8.89. The quantitative estimate of drug-likeness (QED) is 0.615. The molecule has 1 fully saturated rings. The van der Waals surface area contributed by atoms with E-state index in [-0.39, 0.29) is 24.4 Å². The molecule has 136 valence electrons. The number of hydrogen-bond acceptors (Lipinski definition) is 5. The zero-order chi connectivity index (χ0) is 16.7. The maximum absolute atomic E-state index is 12.0. The average Bonchev–Trinajstić information content (AvgIpc) is 3.00. The molecule has 0 aromatic heterocycles. The summed E-state index contributed by atoms with van der Waals surface area (Å²) in [6.07, 6.45) is 2.10. The molecule has 1 aromatic rings. The minimum Gasteiger partial charge on any atom is -0.493 e. The second-order valence-corrected chi connectivity index (χ2v) is 5.76. The number of hydrogen-bond donors (Lipinski definition) is 3. The minimum absolute atomic E-state index is 0. The van der Waals surface area contributed by atoms with Gasteiger partial charge in [0.25, 0.3) is 0 Å². The fraction of sp³-hybridized carbons (Fsp3) is 0.588. The number of halogens is 1. The monoisotopic (exact) mass is 358 g/mol. The number of methoxy groups -OCH3 is 1.